The molecule has 0 radical (unpaired) electrons. The van der Waals surface area contributed by atoms with Gasteiger partial charge in [-0.2, -0.15) is 5.26 Å². The van der Waals surface area contributed by atoms with Crippen molar-refractivity contribution in [3.63, 3.8) is 0 Å². The van der Waals surface area contributed by atoms with Gasteiger partial charge < -0.3 is 4.74 Å². The maximum atomic E-state index is 9.34. The van der Waals surface area contributed by atoms with Crippen LogP contribution in [0.4, 0.5) is 0 Å². The van der Waals surface area contributed by atoms with Gasteiger partial charge in [0.15, 0.2) is 0 Å². The highest BCUT2D eigenvalue weighted by Gasteiger charge is 2.33. The standard InChI is InChI=1S/C14H25N3O/c1-11-8-17(9-12(2)18-11)7-6-14(3,10-15)16-13-4-5-13/h11-13,16H,4-9H2,1-3H3. The third kappa shape index (κ3) is 3.94. The van der Waals surface area contributed by atoms with E-state index in [2.05, 4.69) is 30.1 Å². The van der Waals surface area contributed by atoms with Crippen LogP contribution in [-0.2, 0) is 4.74 Å². The lowest BCUT2D eigenvalue weighted by atomic mass is 9.99. The molecule has 3 unspecified atom stereocenters. The summed E-state index contributed by atoms with van der Waals surface area (Å²) in [5.74, 6) is 0. The van der Waals surface area contributed by atoms with Crippen LogP contribution in [0.2, 0.25) is 0 Å². The molecule has 3 atom stereocenters. The van der Waals surface area contributed by atoms with E-state index in [9.17, 15) is 5.26 Å². The summed E-state index contributed by atoms with van der Waals surface area (Å²) >= 11 is 0. The molecule has 18 heavy (non-hydrogen) atoms. The van der Waals surface area contributed by atoms with Crippen molar-refractivity contribution in [2.24, 2.45) is 0 Å². The molecule has 1 saturated carbocycles. The van der Waals surface area contributed by atoms with Crippen molar-refractivity contribution < 1.29 is 4.74 Å². The van der Waals surface area contributed by atoms with Gasteiger partial charge in [0.2, 0.25) is 0 Å². The van der Waals surface area contributed by atoms with Crippen molar-refractivity contribution in [3.05, 3.63) is 0 Å². The summed E-state index contributed by atoms with van der Waals surface area (Å²) in [6, 6.07) is 3.02. The van der Waals surface area contributed by atoms with Gasteiger partial charge in [0.1, 0.15) is 5.54 Å². The molecule has 1 N–H and O–H groups in total. The molecular weight excluding hydrogens is 226 g/mol. The second-order valence-electron chi connectivity index (χ2n) is 6.13. The van der Waals surface area contributed by atoms with Crippen LogP contribution in [0.1, 0.15) is 40.0 Å². The Kier molecular flexibility index (Phi) is 4.26. The molecule has 102 valence electrons. The second kappa shape index (κ2) is 5.56. The van der Waals surface area contributed by atoms with E-state index in [0.29, 0.717) is 18.2 Å². The van der Waals surface area contributed by atoms with Crippen LogP contribution in [0.15, 0.2) is 0 Å². The second-order valence-corrected chi connectivity index (χ2v) is 6.13. The lowest BCUT2D eigenvalue weighted by molar-refractivity contribution is -0.0690. The quantitative estimate of drug-likeness (QED) is 0.805. The molecule has 0 amide bonds. The highest BCUT2D eigenvalue weighted by molar-refractivity contribution is 5.07. The van der Waals surface area contributed by atoms with Gasteiger partial charge in [0.25, 0.3) is 0 Å². The Balaban J connectivity index is 1.80. The van der Waals surface area contributed by atoms with Gasteiger partial charge in [-0.15, -0.1) is 0 Å². The monoisotopic (exact) mass is 251 g/mol. The molecular formula is C14H25N3O. The van der Waals surface area contributed by atoms with Crippen molar-refractivity contribution in [2.45, 2.75) is 63.8 Å². The average molecular weight is 251 g/mol. The minimum atomic E-state index is -0.369. The molecule has 4 nitrogen and oxygen atoms in total. The predicted octanol–water partition coefficient (Wildman–Crippen LogP) is 1.52. The van der Waals surface area contributed by atoms with Crippen LogP contribution >= 0.6 is 0 Å². The first-order valence-electron chi connectivity index (χ1n) is 7.07. The lowest BCUT2D eigenvalue weighted by Crippen LogP contribution is -2.49. The van der Waals surface area contributed by atoms with E-state index in [1.807, 2.05) is 6.92 Å². The fourth-order valence-corrected chi connectivity index (χ4v) is 2.69. The molecule has 1 heterocycles. The van der Waals surface area contributed by atoms with E-state index >= 15 is 0 Å². The largest absolute Gasteiger partial charge is 0.373 e. The molecule has 0 aromatic heterocycles. The van der Waals surface area contributed by atoms with Crippen molar-refractivity contribution in [1.82, 2.24) is 10.2 Å². The number of morpholine rings is 1. The van der Waals surface area contributed by atoms with Crippen molar-refractivity contribution in [1.29, 1.82) is 5.26 Å². The Morgan fingerprint density at radius 3 is 2.44 bits per heavy atom. The van der Waals surface area contributed by atoms with Gasteiger partial charge in [0, 0.05) is 25.7 Å². The first kappa shape index (κ1) is 13.8. The Morgan fingerprint density at radius 1 is 1.33 bits per heavy atom. The third-order valence-corrected chi connectivity index (χ3v) is 3.77. The van der Waals surface area contributed by atoms with E-state index < -0.39 is 0 Å². The maximum absolute atomic E-state index is 9.34. The zero-order valence-corrected chi connectivity index (χ0v) is 11.8. The smallest absolute Gasteiger partial charge is 0.105 e. The minimum absolute atomic E-state index is 0.304. The SMILES string of the molecule is CC1CN(CCC(C)(C#N)NC2CC2)CC(C)O1. The van der Waals surface area contributed by atoms with E-state index in [0.717, 1.165) is 26.1 Å². The number of nitriles is 1. The lowest BCUT2D eigenvalue weighted by Gasteiger charge is -2.36. The van der Waals surface area contributed by atoms with Crippen molar-refractivity contribution in [3.8, 4) is 6.07 Å². The Hall–Kier alpha value is -0.630. The summed E-state index contributed by atoms with van der Waals surface area (Å²) in [4.78, 5) is 2.42. The number of hydrogen-bond donors (Lipinski definition) is 1. The molecule has 0 spiro atoms. The van der Waals surface area contributed by atoms with Crippen molar-refractivity contribution in [2.75, 3.05) is 19.6 Å². The normalized spacial score (nSPS) is 32.8. The van der Waals surface area contributed by atoms with Gasteiger partial charge in [0.05, 0.1) is 18.3 Å². The summed E-state index contributed by atoms with van der Waals surface area (Å²) < 4.78 is 5.73. The molecule has 0 aromatic carbocycles. The summed E-state index contributed by atoms with van der Waals surface area (Å²) in [6.07, 6.45) is 3.95. The van der Waals surface area contributed by atoms with Gasteiger partial charge in [-0.1, -0.05) is 0 Å². The number of nitrogens with zero attached hydrogens (tertiary/aromatic N) is 2. The predicted molar refractivity (Wildman–Crippen MR) is 71.2 cm³/mol. The zero-order chi connectivity index (χ0) is 13.2. The molecule has 4 heteroatoms. The van der Waals surface area contributed by atoms with E-state index in [1.165, 1.54) is 12.8 Å². The van der Waals surface area contributed by atoms with Crippen LogP contribution in [-0.4, -0.2) is 48.3 Å². The number of hydrogen-bond acceptors (Lipinski definition) is 4. The van der Waals surface area contributed by atoms with Gasteiger partial charge in [-0.05, 0) is 40.0 Å². The van der Waals surface area contributed by atoms with E-state index in [4.69, 9.17) is 4.74 Å². The number of rotatable bonds is 5. The highest BCUT2D eigenvalue weighted by Crippen LogP contribution is 2.24. The Bertz CT molecular complexity index is 313. The molecule has 2 fully saturated rings. The number of ether oxygens (including phenoxy) is 1. The first-order chi connectivity index (χ1) is 8.50. The molecule has 1 aliphatic carbocycles. The molecule has 2 aliphatic rings. The molecule has 1 saturated heterocycles. The maximum Gasteiger partial charge on any atom is 0.105 e. The Morgan fingerprint density at radius 2 is 1.94 bits per heavy atom. The molecule has 1 aliphatic heterocycles. The topological polar surface area (TPSA) is 48.3 Å². The zero-order valence-electron chi connectivity index (χ0n) is 11.8. The van der Waals surface area contributed by atoms with Crippen LogP contribution in [0.25, 0.3) is 0 Å². The van der Waals surface area contributed by atoms with E-state index in [1.54, 1.807) is 0 Å². The summed E-state index contributed by atoms with van der Waals surface area (Å²) in [5, 5.41) is 12.8. The van der Waals surface area contributed by atoms with Crippen molar-refractivity contribution >= 4 is 0 Å². The number of nitrogens with one attached hydrogen (secondary N) is 1. The van der Waals surface area contributed by atoms with Gasteiger partial charge in [-0.25, -0.2) is 0 Å². The third-order valence-electron chi connectivity index (χ3n) is 3.77. The molecule has 0 aromatic rings. The van der Waals surface area contributed by atoms with Gasteiger partial charge in [-0.3, -0.25) is 10.2 Å². The summed E-state index contributed by atoms with van der Waals surface area (Å²) in [7, 11) is 0. The minimum Gasteiger partial charge on any atom is -0.373 e. The van der Waals surface area contributed by atoms with Crippen LogP contribution in [0, 0.1) is 11.3 Å². The molecule has 0 bridgehead atoms. The fraction of sp³-hybridized carbons (Fsp3) is 0.929. The fourth-order valence-electron chi connectivity index (χ4n) is 2.69. The van der Waals surface area contributed by atoms with E-state index in [-0.39, 0.29) is 5.54 Å². The van der Waals surface area contributed by atoms with Crippen LogP contribution in [0.5, 0.6) is 0 Å². The summed E-state index contributed by atoms with van der Waals surface area (Å²) in [5.41, 5.74) is -0.369. The van der Waals surface area contributed by atoms with Gasteiger partial charge >= 0.3 is 0 Å². The molecule has 2 rings (SSSR count). The van der Waals surface area contributed by atoms with Crippen LogP contribution < -0.4 is 5.32 Å². The highest BCUT2D eigenvalue weighted by atomic mass is 16.5. The first-order valence-corrected chi connectivity index (χ1v) is 7.07. The van der Waals surface area contributed by atoms with Crippen LogP contribution in [0.3, 0.4) is 0 Å². The summed E-state index contributed by atoms with van der Waals surface area (Å²) in [6.45, 7) is 9.20. The Labute approximate surface area is 110 Å². The average Bonchev–Trinajstić information content (AvgIpc) is 3.09.